The fourth-order valence-corrected chi connectivity index (χ4v) is 1.68. The Kier molecular flexibility index (Phi) is 7.77. The van der Waals surface area contributed by atoms with Gasteiger partial charge in [-0.15, -0.1) is 0 Å². The van der Waals surface area contributed by atoms with Crippen molar-refractivity contribution < 1.29 is 84.2 Å². The quantitative estimate of drug-likeness (QED) is 0.333. The van der Waals surface area contributed by atoms with Crippen molar-refractivity contribution in [2.24, 2.45) is 0 Å². The number of carbonyl (C=O) groups is 1. The highest BCUT2D eigenvalue weighted by Gasteiger charge is 2.95. The van der Waals surface area contributed by atoms with Crippen LogP contribution in [0.2, 0.25) is 0 Å². The van der Waals surface area contributed by atoms with Crippen LogP contribution in [0.4, 0.5) is 74.6 Å². The average Bonchev–Trinajstić information content (AvgIpc) is 2.59. The van der Waals surface area contributed by atoms with Crippen molar-refractivity contribution in [1.29, 1.82) is 0 Å². The van der Waals surface area contributed by atoms with Crippen LogP contribution in [0.15, 0.2) is 0 Å². The number of alkyl halides is 17. The molecule has 0 saturated carbocycles. The van der Waals surface area contributed by atoms with Crippen molar-refractivity contribution in [3.63, 3.8) is 0 Å². The maximum absolute atomic E-state index is 13.4. The molecule has 0 aromatic carbocycles. The first-order valence-electron chi connectivity index (χ1n) is 7.22. The molecular formula is C12H8F17NO2. The Morgan fingerprint density at radius 1 is 0.594 bits per heavy atom. The summed E-state index contributed by atoms with van der Waals surface area (Å²) in [6.07, 6.45) is -7.82. The first kappa shape index (κ1) is 30.2. The summed E-state index contributed by atoms with van der Waals surface area (Å²) in [5.41, 5.74) is 0. The van der Waals surface area contributed by atoms with Crippen LogP contribution >= 0.6 is 0 Å². The second-order valence-electron chi connectivity index (χ2n) is 5.77. The first-order valence-corrected chi connectivity index (χ1v) is 7.22. The molecule has 0 fully saturated rings. The Morgan fingerprint density at radius 2 is 0.906 bits per heavy atom. The smallest absolute Gasteiger partial charge is 0.383 e. The topological polar surface area (TPSA) is 38.3 Å². The van der Waals surface area contributed by atoms with Gasteiger partial charge in [0.05, 0.1) is 6.61 Å². The minimum atomic E-state index is -8.73. The van der Waals surface area contributed by atoms with Crippen molar-refractivity contribution in [1.82, 2.24) is 5.32 Å². The lowest BCUT2D eigenvalue weighted by Gasteiger charge is -2.42. The summed E-state index contributed by atoms with van der Waals surface area (Å²) in [4.78, 5) is 10.9. The molecule has 0 spiro atoms. The number of methoxy groups -OCH3 is 1. The van der Waals surface area contributed by atoms with E-state index in [2.05, 4.69) is 4.74 Å². The fourth-order valence-electron chi connectivity index (χ4n) is 1.68. The molecule has 0 heterocycles. The molecule has 0 aliphatic heterocycles. The molecule has 1 amide bonds. The predicted octanol–water partition coefficient (Wildman–Crippen LogP) is 4.76. The first-order chi connectivity index (χ1) is 13.7. The van der Waals surface area contributed by atoms with Gasteiger partial charge in [0, 0.05) is 13.7 Å². The summed E-state index contributed by atoms with van der Waals surface area (Å²) in [6, 6.07) is 0. The van der Waals surface area contributed by atoms with Gasteiger partial charge in [0.15, 0.2) is 0 Å². The van der Waals surface area contributed by atoms with Gasteiger partial charge in [-0.1, -0.05) is 0 Å². The third kappa shape index (κ3) is 4.02. The van der Waals surface area contributed by atoms with Crippen molar-refractivity contribution >= 4 is 5.91 Å². The monoisotopic (exact) mass is 521 g/mol. The number of halogens is 17. The highest BCUT2D eigenvalue weighted by molar-refractivity contribution is 5.84. The van der Waals surface area contributed by atoms with Gasteiger partial charge in [-0.3, -0.25) is 4.79 Å². The maximum atomic E-state index is 13.4. The Labute approximate surface area is 164 Å². The van der Waals surface area contributed by atoms with E-state index in [-0.39, 0.29) is 0 Å². The number of hydrogen-bond acceptors (Lipinski definition) is 2. The minimum Gasteiger partial charge on any atom is -0.383 e. The molecule has 32 heavy (non-hydrogen) atoms. The molecule has 20 heteroatoms. The third-order valence-electron chi connectivity index (χ3n) is 3.60. The summed E-state index contributed by atoms with van der Waals surface area (Å²) in [6.45, 7) is -1.99. The molecule has 192 valence electrons. The van der Waals surface area contributed by atoms with Crippen molar-refractivity contribution in [2.45, 2.75) is 47.6 Å². The summed E-state index contributed by atoms with van der Waals surface area (Å²) in [5, 5.41) is 0.690. The van der Waals surface area contributed by atoms with Gasteiger partial charge in [-0.05, 0) is 0 Å². The largest absolute Gasteiger partial charge is 0.460 e. The van der Waals surface area contributed by atoms with Gasteiger partial charge in [0.25, 0.3) is 5.91 Å². The van der Waals surface area contributed by atoms with Gasteiger partial charge in [-0.25, -0.2) is 0 Å². The van der Waals surface area contributed by atoms with Gasteiger partial charge < -0.3 is 10.1 Å². The van der Waals surface area contributed by atoms with Crippen LogP contribution in [0.3, 0.4) is 0 Å². The molecule has 0 rings (SSSR count). The number of ether oxygens (including phenoxy) is 1. The average molecular weight is 521 g/mol. The van der Waals surface area contributed by atoms with E-state index in [0.29, 0.717) is 5.32 Å². The zero-order chi connectivity index (χ0) is 26.4. The molecule has 1 N–H and O–H groups in total. The molecule has 0 bridgehead atoms. The zero-order valence-corrected chi connectivity index (χ0v) is 14.7. The van der Waals surface area contributed by atoms with Crippen LogP contribution in [-0.2, 0) is 9.53 Å². The Morgan fingerprint density at radius 3 is 1.22 bits per heavy atom. The summed E-state index contributed by atoms with van der Waals surface area (Å²) in [5.74, 6) is -61.5. The highest BCUT2D eigenvalue weighted by atomic mass is 19.4. The molecule has 0 aliphatic rings. The molecule has 0 aliphatic carbocycles. The molecule has 0 aromatic heterocycles. The van der Waals surface area contributed by atoms with E-state index in [0.717, 1.165) is 7.11 Å². The van der Waals surface area contributed by atoms with Crippen LogP contribution in [0.25, 0.3) is 0 Å². The molecule has 0 radical (unpaired) electrons. The normalized spacial score (nSPS) is 15.7. The summed E-state index contributed by atoms with van der Waals surface area (Å²) >= 11 is 0. The number of rotatable bonds is 10. The number of hydrogen-bond donors (Lipinski definition) is 1. The van der Waals surface area contributed by atoms with Crippen molar-refractivity contribution in [2.75, 3.05) is 20.3 Å². The fraction of sp³-hybridized carbons (Fsp3) is 0.917. The van der Waals surface area contributed by atoms with E-state index < -0.39 is 66.7 Å². The second kappa shape index (κ2) is 8.23. The van der Waals surface area contributed by atoms with Crippen LogP contribution in [0, 0.1) is 0 Å². The second-order valence-corrected chi connectivity index (χ2v) is 5.77. The van der Waals surface area contributed by atoms with Crippen LogP contribution in [0.5, 0.6) is 0 Å². The van der Waals surface area contributed by atoms with Crippen molar-refractivity contribution in [3.05, 3.63) is 0 Å². The van der Waals surface area contributed by atoms with E-state index in [1.807, 2.05) is 0 Å². The number of carbonyl (C=O) groups excluding carboxylic acids is 1. The van der Waals surface area contributed by atoms with Crippen LogP contribution < -0.4 is 5.32 Å². The van der Waals surface area contributed by atoms with E-state index in [1.54, 1.807) is 0 Å². The van der Waals surface area contributed by atoms with Gasteiger partial charge in [0.2, 0.25) is 0 Å². The lowest BCUT2D eigenvalue weighted by Crippen LogP contribution is -2.75. The highest BCUT2D eigenvalue weighted by Crippen LogP contribution is 2.63. The maximum Gasteiger partial charge on any atom is 0.460 e. The SMILES string of the molecule is COCCNC(=O)C(F)(F)C(F)(F)C(F)(F)C(F)(F)C(F)(F)C(F)(F)C(F)(F)C(F)(F)F. The molecule has 0 atom stereocenters. The third-order valence-corrected chi connectivity index (χ3v) is 3.60. The van der Waals surface area contributed by atoms with E-state index >= 15 is 0 Å². The summed E-state index contributed by atoms with van der Waals surface area (Å²) < 4.78 is 225. The van der Waals surface area contributed by atoms with Crippen LogP contribution in [0.1, 0.15) is 0 Å². The van der Waals surface area contributed by atoms with E-state index in [1.165, 1.54) is 0 Å². The van der Waals surface area contributed by atoms with E-state index in [9.17, 15) is 79.4 Å². The molecule has 0 aromatic rings. The van der Waals surface area contributed by atoms with Gasteiger partial charge in [-0.2, -0.15) is 74.6 Å². The molecular weight excluding hydrogens is 513 g/mol. The Bertz CT molecular complexity index is 684. The van der Waals surface area contributed by atoms with Gasteiger partial charge >= 0.3 is 47.6 Å². The lowest BCUT2D eigenvalue weighted by atomic mass is 9.89. The van der Waals surface area contributed by atoms with Crippen molar-refractivity contribution in [3.8, 4) is 0 Å². The number of nitrogens with one attached hydrogen (secondary N) is 1. The predicted molar refractivity (Wildman–Crippen MR) is 65.6 cm³/mol. The summed E-state index contributed by atoms with van der Waals surface area (Å²) in [7, 11) is 0.812. The Hall–Kier alpha value is -1.76. The molecule has 0 saturated heterocycles. The minimum absolute atomic E-state index is 0.690. The van der Waals surface area contributed by atoms with Gasteiger partial charge in [0.1, 0.15) is 0 Å². The lowest BCUT2D eigenvalue weighted by molar-refractivity contribution is -0.459. The Balaban J connectivity index is 6.56. The molecule has 0 unspecified atom stereocenters. The zero-order valence-electron chi connectivity index (χ0n) is 14.7. The standard InChI is InChI=1S/C12H8F17NO2/c1-32-3-2-30-4(31)5(13,14)6(15,16)7(17,18)8(19,20)9(21,22)10(23,24)11(25,26)12(27,28)29/h2-3H2,1H3,(H,30,31). The molecule has 3 nitrogen and oxygen atoms in total. The van der Waals surface area contributed by atoms with Crippen LogP contribution in [-0.4, -0.2) is 73.8 Å². The van der Waals surface area contributed by atoms with E-state index in [4.69, 9.17) is 0 Å². The number of amides is 1.